The van der Waals surface area contributed by atoms with Gasteiger partial charge in [0.25, 0.3) is 5.91 Å². The van der Waals surface area contributed by atoms with Crippen molar-refractivity contribution in [1.82, 2.24) is 9.88 Å². The molecule has 0 fully saturated rings. The van der Waals surface area contributed by atoms with Gasteiger partial charge in [-0.3, -0.25) is 9.59 Å². The van der Waals surface area contributed by atoms with Gasteiger partial charge < -0.3 is 9.64 Å². The molecule has 1 aromatic heterocycles. The van der Waals surface area contributed by atoms with Crippen LogP contribution in [0.3, 0.4) is 0 Å². The molecule has 0 aliphatic heterocycles. The van der Waals surface area contributed by atoms with Gasteiger partial charge in [-0.25, -0.2) is 4.98 Å². The smallest absolute Gasteiger partial charge is 0.325 e. The van der Waals surface area contributed by atoms with Crippen LogP contribution in [-0.4, -0.2) is 41.5 Å². The quantitative estimate of drug-likeness (QED) is 0.633. The molecule has 1 aromatic rings. The van der Waals surface area contributed by atoms with Crippen LogP contribution in [0.4, 0.5) is 0 Å². The Kier molecular flexibility index (Phi) is 5.57. The Bertz CT molecular complexity index is 492. The molecule has 1 amide bonds. The summed E-state index contributed by atoms with van der Waals surface area (Å²) < 4.78 is 4.57. The third kappa shape index (κ3) is 4.08. The van der Waals surface area contributed by atoms with Crippen LogP contribution in [0.5, 0.6) is 0 Å². The predicted molar refractivity (Wildman–Crippen MR) is 72.4 cm³/mol. The highest BCUT2D eigenvalue weighted by atomic mass is 35.5. The summed E-state index contributed by atoms with van der Waals surface area (Å²) in [6.45, 7) is 3.43. The van der Waals surface area contributed by atoms with Gasteiger partial charge in [0.05, 0.1) is 17.7 Å². The number of nitrogens with zero attached hydrogens (tertiary/aromatic N) is 2. The van der Waals surface area contributed by atoms with Crippen molar-refractivity contribution in [3.05, 3.63) is 28.0 Å². The van der Waals surface area contributed by atoms with Gasteiger partial charge in [-0.05, 0) is 19.9 Å². The summed E-state index contributed by atoms with van der Waals surface area (Å²) in [6, 6.07) is 1.19. The second kappa shape index (κ2) is 6.73. The molecule has 0 aromatic carbocycles. The molecule has 0 unspecified atom stereocenters. The van der Waals surface area contributed by atoms with E-state index >= 15 is 0 Å². The van der Waals surface area contributed by atoms with Crippen molar-refractivity contribution in [3.8, 4) is 0 Å². The molecule has 0 saturated heterocycles. The van der Waals surface area contributed by atoms with Gasteiger partial charge in [0.2, 0.25) is 0 Å². The number of hydrogen-bond donors (Lipinski definition) is 0. The molecule has 0 atom stereocenters. The van der Waals surface area contributed by atoms with Crippen molar-refractivity contribution in [3.63, 3.8) is 0 Å². The first-order chi connectivity index (χ1) is 8.86. The van der Waals surface area contributed by atoms with E-state index in [4.69, 9.17) is 23.2 Å². The molecule has 0 saturated carbocycles. The lowest BCUT2D eigenvalue weighted by atomic mass is 10.2. The second-order valence-corrected chi connectivity index (χ2v) is 4.88. The monoisotopic (exact) mass is 304 g/mol. The van der Waals surface area contributed by atoms with E-state index in [2.05, 4.69) is 9.72 Å². The Morgan fingerprint density at radius 1 is 1.42 bits per heavy atom. The van der Waals surface area contributed by atoms with Crippen LogP contribution in [0.2, 0.25) is 10.2 Å². The zero-order chi connectivity index (χ0) is 14.6. The summed E-state index contributed by atoms with van der Waals surface area (Å²) in [5.41, 5.74) is 0.208. The number of esters is 1. The van der Waals surface area contributed by atoms with E-state index in [1.54, 1.807) is 13.8 Å². The zero-order valence-corrected chi connectivity index (χ0v) is 12.3. The molecule has 5 nitrogen and oxygen atoms in total. The van der Waals surface area contributed by atoms with Crippen LogP contribution < -0.4 is 0 Å². The lowest BCUT2D eigenvalue weighted by molar-refractivity contribution is -0.141. The van der Waals surface area contributed by atoms with Crippen molar-refractivity contribution in [2.45, 2.75) is 19.9 Å². The standard InChI is InChI=1S/C12H14Cl2N2O3/c1-7(2)16(6-11(17)19-3)12(18)8-4-10(14)15-5-9(8)13/h4-5,7H,6H2,1-3H3. The van der Waals surface area contributed by atoms with Crippen molar-refractivity contribution in [1.29, 1.82) is 0 Å². The minimum absolute atomic E-state index is 0.150. The van der Waals surface area contributed by atoms with Gasteiger partial charge in [0.1, 0.15) is 11.7 Å². The highest BCUT2D eigenvalue weighted by Gasteiger charge is 2.24. The molecule has 19 heavy (non-hydrogen) atoms. The summed E-state index contributed by atoms with van der Waals surface area (Å²) in [4.78, 5) is 28.8. The fraction of sp³-hybridized carbons (Fsp3) is 0.417. The zero-order valence-electron chi connectivity index (χ0n) is 10.8. The molecule has 1 rings (SSSR count). The maximum atomic E-state index is 12.4. The highest BCUT2D eigenvalue weighted by Crippen LogP contribution is 2.20. The van der Waals surface area contributed by atoms with Gasteiger partial charge in [0, 0.05) is 12.2 Å². The van der Waals surface area contributed by atoms with E-state index in [0.29, 0.717) is 0 Å². The first kappa shape index (κ1) is 15.7. The number of amides is 1. The predicted octanol–water partition coefficient (Wildman–Crippen LogP) is 2.41. The molecule has 7 heteroatoms. The normalized spacial score (nSPS) is 10.4. The van der Waals surface area contributed by atoms with E-state index in [-0.39, 0.29) is 28.3 Å². The minimum atomic E-state index is -0.502. The number of carbonyl (C=O) groups excluding carboxylic acids is 2. The molecule has 104 valence electrons. The summed E-state index contributed by atoms with van der Waals surface area (Å²) >= 11 is 11.7. The number of hydrogen-bond acceptors (Lipinski definition) is 4. The number of pyridine rings is 1. The third-order valence-corrected chi connectivity index (χ3v) is 2.97. The number of aromatic nitrogens is 1. The van der Waals surface area contributed by atoms with Gasteiger partial charge in [0.15, 0.2) is 0 Å². The molecule has 0 aliphatic rings. The van der Waals surface area contributed by atoms with E-state index in [0.717, 1.165) is 0 Å². The van der Waals surface area contributed by atoms with E-state index in [9.17, 15) is 9.59 Å². The summed E-state index contributed by atoms with van der Waals surface area (Å²) in [5.74, 6) is -0.895. The van der Waals surface area contributed by atoms with E-state index < -0.39 is 11.9 Å². The summed E-state index contributed by atoms with van der Waals surface area (Å²) in [6.07, 6.45) is 1.30. The largest absolute Gasteiger partial charge is 0.468 e. The van der Waals surface area contributed by atoms with Gasteiger partial charge >= 0.3 is 5.97 Å². The van der Waals surface area contributed by atoms with Crippen LogP contribution in [-0.2, 0) is 9.53 Å². The molecular weight excluding hydrogens is 291 g/mol. The maximum absolute atomic E-state index is 12.4. The number of methoxy groups -OCH3 is 1. The average molecular weight is 305 g/mol. The number of halogens is 2. The molecule has 0 aliphatic carbocycles. The number of ether oxygens (including phenoxy) is 1. The Balaban J connectivity index is 3.05. The van der Waals surface area contributed by atoms with Crippen molar-refractivity contribution in [2.24, 2.45) is 0 Å². The topological polar surface area (TPSA) is 59.5 Å². The third-order valence-electron chi connectivity index (χ3n) is 2.46. The molecule has 0 radical (unpaired) electrons. The van der Waals surface area contributed by atoms with Gasteiger partial charge in [-0.15, -0.1) is 0 Å². The first-order valence-electron chi connectivity index (χ1n) is 5.55. The lowest BCUT2D eigenvalue weighted by Crippen LogP contribution is -2.41. The Hall–Kier alpha value is -1.33. The molecular formula is C12H14Cl2N2O3. The number of carbonyl (C=O) groups is 2. The van der Waals surface area contributed by atoms with Gasteiger partial charge in [-0.1, -0.05) is 23.2 Å². The molecule has 0 N–H and O–H groups in total. The molecule has 0 spiro atoms. The van der Waals surface area contributed by atoms with Crippen LogP contribution in [0, 0.1) is 0 Å². The van der Waals surface area contributed by atoms with Crippen LogP contribution >= 0.6 is 23.2 Å². The second-order valence-electron chi connectivity index (χ2n) is 4.09. The first-order valence-corrected chi connectivity index (χ1v) is 6.31. The summed E-state index contributed by atoms with van der Waals surface area (Å²) in [7, 11) is 1.27. The molecule has 1 heterocycles. The highest BCUT2D eigenvalue weighted by molar-refractivity contribution is 6.35. The Labute approximate surface area is 121 Å². The maximum Gasteiger partial charge on any atom is 0.325 e. The van der Waals surface area contributed by atoms with Crippen molar-refractivity contribution < 1.29 is 14.3 Å². The minimum Gasteiger partial charge on any atom is -0.468 e. The van der Waals surface area contributed by atoms with E-state index in [1.807, 2.05) is 0 Å². The van der Waals surface area contributed by atoms with Crippen LogP contribution in [0.1, 0.15) is 24.2 Å². The van der Waals surface area contributed by atoms with Gasteiger partial charge in [-0.2, -0.15) is 0 Å². The van der Waals surface area contributed by atoms with Crippen LogP contribution in [0.25, 0.3) is 0 Å². The fourth-order valence-corrected chi connectivity index (χ4v) is 1.77. The van der Waals surface area contributed by atoms with Crippen molar-refractivity contribution >= 4 is 35.1 Å². The fourth-order valence-electron chi connectivity index (χ4n) is 1.42. The SMILES string of the molecule is COC(=O)CN(C(=O)c1cc(Cl)ncc1Cl)C(C)C. The average Bonchev–Trinajstić information content (AvgIpc) is 2.37. The van der Waals surface area contributed by atoms with E-state index in [1.165, 1.54) is 24.3 Å². The molecule has 0 bridgehead atoms. The van der Waals surface area contributed by atoms with Crippen molar-refractivity contribution in [2.75, 3.05) is 13.7 Å². The van der Waals surface area contributed by atoms with Crippen LogP contribution in [0.15, 0.2) is 12.3 Å². The number of rotatable bonds is 4. The Morgan fingerprint density at radius 2 is 2.05 bits per heavy atom. The Morgan fingerprint density at radius 3 is 2.58 bits per heavy atom. The summed E-state index contributed by atoms with van der Waals surface area (Å²) in [5, 5.41) is 0.347. The lowest BCUT2D eigenvalue weighted by Gasteiger charge is -2.25.